The number of ether oxygens (including phenoxy) is 1. The van der Waals surface area contributed by atoms with Crippen LogP contribution in [0.15, 0.2) is 48.1 Å². The molecule has 4 heteroatoms. The number of aliphatic hydroxyl groups is 2. The third-order valence-electron chi connectivity index (χ3n) is 14.3. The lowest BCUT2D eigenvalue weighted by Gasteiger charge is -2.58. The molecule has 0 aromatic carbocycles. The summed E-state index contributed by atoms with van der Waals surface area (Å²) in [4.78, 5) is 12.9. The first-order valence-corrected chi connectivity index (χ1v) is 21.7. The van der Waals surface area contributed by atoms with Gasteiger partial charge < -0.3 is 14.9 Å². The SMILES string of the molecule is CCCCC/C=C\C/C=C\C/C=C\CC(O)C(O)CCCC(=O)O[C@H]1CC[C@@]2(C)C(=CC[C@H]3[C@@H]4CC[C@H]([C@H](C)CCCC(C)C)[C@@]4(C)CC[C@@H]32)C1. The molecule has 0 amide bonds. The van der Waals surface area contributed by atoms with Crippen molar-refractivity contribution in [2.45, 2.75) is 195 Å². The van der Waals surface area contributed by atoms with Gasteiger partial charge in [-0.3, -0.25) is 4.79 Å². The minimum Gasteiger partial charge on any atom is -0.462 e. The maximum atomic E-state index is 12.9. The summed E-state index contributed by atoms with van der Waals surface area (Å²) in [6.45, 7) is 14.7. The van der Waals surface area contributed by atoms with Crippen LogP contribution in [0.3, 0.4) is 0 Å². The molecular weight excluding hydrogens is 629 g/mol. The molecule has 10 atom stereocenters. The lowest BCUT2D eigenvalue weighted by Crippen LogP contribution is -2.51. The van der Waals surface area contributed by atoms with Gasteiger partial charge in [-0.05, 0) is 136 Å². The Kier molecular flexibility index (Phi) is 17.1. The topological polar surface area (TPSA) is 66.8 Å². The van der Waals surface area contributed by atoms with E-state index in [9.17, 15) is 15.0 Å². The average Bonchev–Trinajstić information content (AvgIpc) is 3.46. The zero-order chi connectivity index (χ0) is 36.9. The number of carbonyl (C=O) groups excluding carboxylic acids is 1. The molecule has 0 aromatic rings. The van der Waals surface area contributed by atoms with Crippen LogP contribution in [0.25, 0.3) is 0 Å². The van der Waals surface area contributed by atoms with E-state index in [1.54, 1.807) is 5.57 Å². The highest BCUT2D eigenvalue weighted by atomic mass is 16.5. The fourth-order valence-corrected chi connectivity index (χ4v) is 11.2. The smallest absolute Gasteiger partial charge is 0.306 e. The molecule has 4 nitrogen and oxygen atoms in total. The minimum atomic E-state index is -0.827. The molecule has 290 valence electrons. The van der Waals surface area contributed by atoms with E-state index in [0.29, 0.717) is 31.1 Å². The van der Waals surface area contributed by atoms with Crippen molar-refractivity contribution in [3.8, 4) is 0 Å². The zero-order valence-electron chi connectivity index (χ0n) is 33.8. The molecular formula is C47H78O4. The second kappa shape index (κ2) is 20.7. The largest absolute Gasteiger partial charge is 0.462 e. The first kappa shape index (κ1) is 42.1. The minimum absolute atomic E-state index is 0.0266. The molecule has 0 saturated heterocycles. The maximum Gasteiger partial charge on any atom is 0.306 e. The van der Waals surface area contributed by atoms with Crippen LogP contribution in [0.2, 0.25) is 0 Å². The Morgan fingerprint density at radius 3 is 2.33 bits per heavy atom. The summed E-state index contributed by atoms with van der Waals surface area (Å²) in [7, 11) is 0. The Morgan fingerprint density at radius 2 is 1.59 bits per heavy atom. The second-order valence-corrected chi connectivity index (χ2v) is 18.3. The summed E-state index contributed by atoms with van der Waals surface area (Å²) in [5.74, 6) is 4.84. The van der Waals surface area contributed by atoms with Gasteiger partial charge in [0.2, 0.25) is 0 Å². The lowest BCUT2D eigenvalue weighted by atomic mass is 9.47. The van der Waals surface area contributed by atoms with Gasteiger partial charge in [0.15, 0.2) is 0 Å². The van der Waals surface area contributed by atoms with E-state index in [1.165, 1.54) is 77.0 Å². The van der Waals surface area contributed by atoms with E-state index < -0.39 is 12.2 Å². The Balaban J connectivity index is 1.15. The van der Waals surface area contributed by atoms with Crippen LogP contribution in [-0.4, -0.2) is 34.5 Å². The fraction of sp³-hybridized carbons (Fsp3) is 0.809. The zero-order valence-corrected chi connectivity index (χ0v) is 33.8. The van der Waals surface area contributed by atoms with Crippen molar-refractivity contribution in [3.63, 3.8) is 0 Å². The number of rotatable bonds is 21. The molecule has 3 fully saturated rings. The molecule has 0 radical (unpaired) electrons. The van der Waals surface area contributed by atoms with E-state index >= 15 is 0 Å². The monoisotopic (exact) mass is 707 g/mol. The van der Waals surface area contributed by atoms with Crippen molar-refractivity contribution in [2.75, 3.05) is 0 Å². The van der Waals surface area contributed by atoms with Gasteiger partial charge in [-0.25, -0.2) is 0 Å². The molecule has 4 aliphatic carbocycles. The molecule has 0 aliphatic heterocycles. The first-order chi connectivity index (χ1) is 24.5. The second-order valence-electron chi connectivity index (χ2n) is 18.3. The Bertz CT molecular complexity index is 1160. The van der Waals surface area contributed by atoms with Gasteiger partial charge in [0.25, 0.3) is 0 Å². The van der Waals surface area contributed by atoms with Gasteiger partial charge >= 0.3 is 5.97 Å². The van der Waals surface area contributed by atoms with Gasteiger partial charge in [-0.15, -0.1) is 0 Å². The number of carbonyl (C=O) groups is 1. The normalized spacial score (nSPS) is 32.6. The fourth-order valence-electron chi connectivity index (χ4n) is 11.2. The molecule has 2 N–H and O–H groups in total. The number of esters is 1. The van der Waals surface area contributed by atoms with E-state index in [4.69, 9.17) is 4.74 Å². The van der Waals surface area contributed by atoms with Crippen LogP contribution in [0.1, 0.15) is 176 Å². The van der Waals surface area contributed by atoms with Gasteiger partial charge in [0, 0.05) is 12.8 Å². The van der Waals surface area contributed by atoms with Gasteiger partial charge in [-0.1, -0.05) is 122 Å². The lowest BCUT2D eigenvalue weighted by molar-refractivity contribution is -0.151. The molecule has 51 heavy (non-hydrogen) atoms. The summed E-state index contributed by atoms with van der Waals surface area (Å²) in [5.41, 5.74) is 2.32. The average molecular weight is 707 g/mol. The number of allylic oxidation sites excluding steroid dienone is 6. The van der Waals surface area contributed by atoms with Gasteiger partial charge in [-0.2, -0.15) is 0 Å². The summed E-state index contributed by atoms with van der Waals surface area (Å²) >= 11 is 0. The Morgan fingerprint density at radius 1 is 0.843 bits per heavy atom. The maximum absolute atomic E-state index is 12.9. The molecule has 0 spiro atoms. The number of hydrogen-bond acceptors (Lipinski definition) is 4. The standard InChI is InChI=1S/C47H78O4/c1-7-8-9-10-11-12-13-14-15-16-17-18-23-43(48)44(49)24-20-25-45(50)51-38-30-32-46(5)37(34-38)26-27-39-41-29-28-40(36(4)22-19-21-35(2)3)47(41,6)33-31-42(39)46/h11-12,14-15,17-18,26,35-36,38-44,48-49H,7-10,13,16,19-25,27-34H2,1-6H3/b12-11-,15-14-,18-17-/t36-,38+,39+,40-,41+,42+,43?,44?,46+,47-/m1/s1. The highest BCUT2D eigenvalue weighted by Gasteiger charge is 2.59. The van der Waals surface area contributed by atoms with Crippen molar-refractivity contribution in [1.29, 1.82) is 0 Å². The molecule has 4 aliphatic rings. The number of unbranched alkanes of at least 4 members (excludes halogenated alkanes) is 3. The molecule has 0 heterocycles. The highest BCUT2D eigenvalue weighted by molar-refractivity contribution is 5.69. The number of aliphatic hydroxyl groups excluding tert-OH is 2. The predicted octanol–water partition coefficient (Wildman–Crippen LogP) is 12.3. The van der Waals surface area contributed by atoms with E-state index in [-0.39, 0.29) is 17.5 Å². The van der Waals surface area contributed by atoms with Crippen LogP contribution in [0, 0.1) is 46.3 Å². The molecule has 0 bridgehead atoms. The number of hydrogen-bond donors (Lipinski definition) is 2. The van der Waals surface area contributed by atoms with E-state index in [0.717, 1.165) is 67.6 Å². The molecule has 0 aromatic heterocycles. The predicted molar refractivity (Wildman–Crippen MR) is 214 cm³/mol. The summed E-state index contributed by atoms with van der Waals surface area (Å²) < 4.78 is 6.04. The summed E-state index contributed by atoms with van der Waals surface area (Å²) in [5, 5.41) is 20.9. The van der Waals surface area contributed by atoms with Crippen LogP contribution < -0.4 is 0 Å². The molecule has 3 saturated carbocycles. The van der Waals surface area contributed by atoms with Crippen LogP contribution in [-0.2, 0) is 9.53 Å². The summed E-state index contributed by atoms with van der Waals surface area (Å²) in [6, 6.07) is 0. The molecule has 4 rings (SSSR count). The van der Waals surface area contributed by atoms with Crippen molar-refractivity contribution in [1.82, 2.24) is 0 Å². The molecule has 2 unspecified atom stereocenters. The quantitative estimate of drug-likeness (QED) is 0.0708. The number of fused-ring (bicyclic) bond motifs is 5. The third-order valence-corrected chi connectivity index (χ3v) is 14.3. The van der Waals surface area contributed by atoms with Crippen LogP contribution in [0.5, 0.6) is 0 Å². The van der Waals surface area contributed by atoms with E-state index in [1.807, 2.05) is 12.2 Å². The van der Waals surface area contributed by atoms with Gasteiger partial charge in [0.1, 0.15) is 6.10 Å². The Labute approximate surface area is 314 Å². The summed E-state index contributed by atoms with van der Waals surface area (Å²) in [6.07, 6.45) is 36.1. The van der Waals surface area contributed by atoms with Crippen molar-refractivity contribution in [3.05, 3.63) is 48.1 Å². The third kappa shape index (κ3) is 11.7. The van der Waals surface area contributed by atoms with Crippen LogP contribution >= 0.6 is 0 Å². The highest BCUT2D eigenvalue weighted by Crippen LogP contribution is 2.67. The van der Waals surface area contributed by atoms with Gasteiger partial charge in [0.05, 0.1) is 12.2 Å². The van der Waals surface area contributed by atoms with Crippen molar-refractivity contribution >= 4 is 5.97 Å². The van der Waals surface area contributed by atoms with Crippen molar-refractivity contribution in [2.24, 2.45) is 46.3 Å². The van der Waals surface area contributed by atoms with Crippen molar-refractivity contribution < 1.29 is 19.7 Å². The van der Waals surface area contributed by atoms with E-state index in [2.05, 4.69) is 71.9 Å². The Hall–Kier alpha value is -1.65. The van der Waals surface area contributed by atoms with Crippen LogP contribution in [0.4, 0.5) is 0 Å². The first-order valence-electron chi connectivity index (χ1n) is 21.7.